The van der Waals surface area contributed by atoms with Gasteiger partial charge < -0.3 is 10.1 Å². The second kappa shape index (κ2) is 8.54. The summed E-state index contributed by atoms with van der Waals surface area (Å²) < 4.78 is 7.75. The SMILES string of the molecule is CCn1ccc(CNC(=O)c2cccc(COc3ccc(C)cc3C)c2)n1. The van der Waals surface area contributed by atoms with Crippen LogP contribution in [0.1, 0.15) is 39.7 Å². The van der Waals surface area contributed by atoms with Gasteiger partial charge in [0.2, 0.25) is 0 Å². The zero-order valence-corrected chi connectivity index (χ0v) is 16.0. The normalized spacial score (nSPS) is 10.6. The quantitative estimate of drug-likeness (QED) is 0.689. The first kappa shape index (κ1) is 18.7. The van der Waals surface area contributed by atoms with Crippen molar-refractivity contribution in [1.82, 2.24) is 15.1 Å². The first-order chi connectivity index (χ1) is 13.0. The van der Waals surface area contributed by atoms with Crippen molar-refractivity contribution in [3.05, 3.63) is 82.7 Å². The van der Waals surface area contributed by atoms with E-state index in [9.17, 15) is 4.79 Å². The van der Waals surface area contributed by atoms with E-state index < -0.39 is 0 Å². The minimum atomic E-state index is -0.116. The molecule has 0 aliphatic heterocycles. The number of rotatable bonds is 7. The van der Waals surface area contributed by atoms with Gasteiger partial charge in [-0.05, 0) is 56.2 Å². The highest BCUT2D eigenvalue weighted by Crippen LogP contribution is 2.20. The van der Waals surface area contributed by atoms with E-state index in [4.69, 9.17) is 4.74 Å². The molecule has 1 aromatic heterocycles. The van der Waals surface area contributed by atoms with Gasteiger partial charge in [-0.15, -0.1) is 0 Å². The van der Waals surface area contributed by atoms with Crippen molar-refractivity contribution in [2.45, 2.75) is 40.5 Å². The van der Waals surface area contributed by atoms with Crippen molar-refractivity contribution in [1.29, 1.82) is 0 Å². The highest BCUT2D eigenvalue weighted by Gasteiger charge is 2.08. The summed E-state index contributed by atoms with van der Waals surface area (Å²) in [5.41, 5.74) is 4.74. The van der Waals surface area contributed by atoms with Crippen LogP contribution in [0.25, 0.3) is 0 Å². The fraction of sp³-hybridized carbons (Fsp3) is 0.273. The van der Waals surface area contributed by atoms with E-state index in [2.05, 4.69) is 23.4 Å². The molecule has 1 amide bonds. The Kier molecular flexibility index (Phi) is 5.91. The molecule has 2 aromatic carbocycles. The number of hydrogen-bond acceptors (Lipinski definition) is 3. The lowest BCUT2D eigenvalue weighted by Gasteiger charge is -2.11. The number of carbonyl (C=O) groups is 1. The summed E-state index contributed by atoms with van der Waals surface area (Å²) in [4.78, 5) is 12.4. The fourth-order valence-corrected chi connectivity index (χ4v) is 2.87. The van der Waals surface area contributed by atoms with E-state index >= 15 is 0 Å². The van der Waals surface area contributed by atoms with E-state index in [1.165, 1.54) is 5.56 Å². The fourth-order valence-electron chi connectivity index (χ4n) is 2.87. The van der Waals surface area contributed by atoms with Gasteiger partial charge in [0.1, 0.15) is 12.4 Å². The molecule has 0 saturated carbocycles. The Labute approximate surface area is 160 Å². The summed E-state index contributed by atoms with van der Waals surface area (Å²) in [6.45, 7) is 7.77. The molecule has 1 heterocycles. The topological polar surface area (TPSA) is 56.2 Å². The molecule has 0 aliphatic carbocycles. The van der Waals surface area contributed by atoms with Gasteiger partial charge in [0, 0.05) is 18.3 Å². The summed E-state index contributed by atoms with van der Waals surface area (Å²) in [6.07, 6.45) is 1.91. The summed E-state index contributed by atoms with van der Waals surface area (Å²) in [5, 5.41) is 7.28. The number of nitrogens with zero attached hydrogens (tertiary/aromatic N) is 2. The zero-order chi connectivity index (χ0) is 19.2. The second-order valence-corrected chi connectivity index (χ2v) is 6.60. The second-order valence-electron chi connectivity index (χ2n) is 6.60. The number of aryl methyl sites for hydroxylation is 3. The van der Waals surface area contributed by atoms with Crippen LogP contribution in [0.4, 0.5) is 0 Å². The molecular weight excluding hydrogens is 338 g/mol. The van der Waals surface area contributed by atoms with Crippen molar-refractivity contribution in [3.8, 4) is 5.75 Å². The standard InChI is InChI=1S/C22H25N3O2/c1-4-25-11-10-20(24-25)14-23-22(26)19-7-5-6-18(13-19)15-27-21-9-8-16(2)12-17(21)3/h5-13H,4,14-15H2,1-3H3,(H,23,26). The molecule has 0 saturated heterocycles. The summed E-state index contributed by atoms with van der Waals surface area (Å²) in [7, 11) is 0. The molecule has 0 aliphatic rings. The predicted molar refractivity (Wildman–Crippen MR) is 106 cm³/mol. The molecule has 3 aromatic rings. The molecule has 0 atom stereocenters. The molecule has 1 N–H and O–H groups in total. The van der Waals surface area contributed by atoms with Crippen LogP contribution in [0.2, 0.25) is 0 Å². The van der Waals surface area contributed by atoms with Crippen LogP contribution in [0.3, 0.4) is 0 Å². The van der Waals surface area contributed by atoms with Crippen LogP contribution < -0.4 is 10.1 Å². The lowest BCUT2D eigenvalue weighted by Crippen LogP contribution is -2.23. The third-order valence-electron chi connectivity index (χ3n) is 4.36. The van der Waals surface area contributed by atoms with Gasteiger partial charge in [-0.2, -0.15) is 5.10 Å². The van der Waals surface area contributed by atoms with Gasteiger partial charge in [0.15, 0.2) is 0 Å². The maximum atomic E-state index is 12.4. The summed E-state index contributed by atoms with van der Waals surface area (Å²) in [5.74, 6) is 0.747. The van der Waals surface area contributed by atoms with Gasteiger partial charge >= 0.3 is 0 Å². The largest absolute Gasteiger partial charge is 0.489 e. The Morgan fingerprint density at radius 1 is 1.15 bits per heavy atom. The monoisotopic (exact) mass is 363 g/mol. The van der Waals surface area contributed by atoms with E-state index in [1.54, 1.807) is 6.07 Å². The van der Waals surface area contributed by atoms with Crippen molar-refractivity contribution in [3.63, 3.8) is 0 Å². The van der Waals surface area contributed by atoms with Crippen molar-refractivity contribution < 1.29 is 9.53 Å². The van der Waals surface area contributed by atoms with Crippen molar-refractivity contribution in [2.24, 2.45) is 0 Å². The average Bonchev–Trinajstić information content (AvgIpc) is 3.14. The maximum Gasteiger partial charge on any atom is 0.251 e. The minimum absolute atomic E-state index is 0.116. The zero-order valence-electron chi connectivity index (χ0n) is 16.0. The van der Waals surface area contributed by atoms with Crippen molar-refractivity contribution >= 4 is 5.91 Å². The third kappa shape index (κ3) is 4.97. The van der Waals surface area contributed by atoms with Gasteiger partial charge in [0.25, 0.3) is 5.91 Å². The summed E-state index contributed by atoms with van der Waals surface area (Å²) >= 11 is 0. The molecule has 27 heavy (non-hydrogen) atoms. The van der Waals surface area contributed by atoms with Crippen molar-refractivity contribution in [2.75, 3.05) is 0 Å². The molecule has 0 spiro atoms. The molecule has 0 radical (unpaired) electrons. The van der Waals surface area contributed by atoms with Crippen LogP contribution in [-0.4, -0.2) is 15.7 Å². The molecule has 5 nitrogen and oxygen atoms in total. The highest BCUT2D eigenvalue weighted by atomic mass is 16.5. The van der Waals surface area contributed by atoms with Gasteiger partial charge in [0.05, 0.1) is 12.2 Å². The van der Waals surface area contributed by atoms with Crippen LogP contribution >= 0.6 is 0 Å². The number of amides is 1. The third-order valence-corrected chi connectivity index (χ3v) is 4.36. The molecule has 3 rings (SSSR count). The Morgan fingerprint density at radius 3 is 2.74 bits per heavy atom. The van der Waals surface area contributed by atoms with E-state index in [0.717, 1.165) is 29.1 Å². The molecule has 0 fully saturated rings. The highest BCUT2D eigenvalue weighted by molar-refractivity contribution is 5.94. The molecule has 140 valence electrons. The minimum Gasteiger partial charge on any atom is -0.489 e. The first-order valence-electron chi connectivity index (χ1n) is 9.14. The number of aromatic nitrogens is 2. The Balaban J connectivity index is 1.59. The van der Waals surface area contributed by atoms with Gasteiger partial charge in [-0.3, -0.25) is 9.48 Å². The molecule has 5 heteroatoms. The number of benzene rings is 2. The lowest BCUT2D eigenvalue weighted by atomic mass is 10.1. The van der Waals surface area contributed by atoms with E-state index in [-0.39, 0.29) is 5.91 Å². The smallest absolute Gasteiger partial charge is 0.251 e. The molecule has 0 unspecified atom stereocenters. The van der Waals surface area contributed by atoms with Crippen LogP contribution in [0.15, 0.2) is 54.7 Å². The summed E-state index contributed by atoms with van der Waals surface area (Å²) in [6, 6.07) is 15.5. The van der Waals surface area contributed by atoms with Gasteiger partial charge in [-0.25, -0.2) is 0 Å². The Bertz CT molecular complexity index is 931. The van der Waals surface area contributed by atoms with Crippen LogP contribution in [0.5, 0.6) is 5.75 Å². The number of nitrogens with one attached hydrogen (secondary N) is 1. The van der Waals surface area contributed by atoms with Gasteiger partial charge in [-0.1, -0.05) is 29.8 Å². The number of ether oxygens (including phenoxy) is 1. The van der Waals surface area contributed by atoms with E-state index in [1.807, 2.05) is 61.1 Å². The Morgan fingerprint density at radius 2 is 2.00 bits per heavy atom. The van der Waals surface area contributed by atoms with E-state index in [0.29, 0.717) is 18.7 Å². The number of hydrogen-bond donors (Lipinski definition) is 1. The Hall–Kier alpha value is -3.08. The molecular formula is C22H25N3O2. The predicted octanol–water partition coefficient (Wildman–Crippen LogP) is 4.03. The van der Waals surface area contributed by atoms with Crippen LogP contribution in [0, 0.1) is 13.8 Å². The maximum absolute atomic E-state index is 12.4. The lowest BCUT2D eigenvalue weighted by molar-refractivity contribution is 0.0950. The average molecular weight is 363 g/mol. The molecule has 0 bridgehead atoms. The van der Waals surface area contributed by atoms with Crippen LogP contribution in [-0.2, 0) is 19.7 Å². The number of carbonyl (C=O) groups excluding carboxylic acids is 1. The first-order valence-corrected chi connectivity index (χ1v) is 9.14.